The van der Waals surface area contributed by atoms with Crippen molar-refractivity contribution in [2.75, 3.05) is 23.3 Å². The third kappa shape index (κ3) is 5.99. The molecule has 2 bridgehead atoms. The zero-order chi connectivity index (χ0) is 26.4. The van der Waals surface area contributed by atoms with Crippen LogP contribution in [0.1, 0.15) is 18.7 Å². The Hall–Kier alpha value is -3.72. The SMILES string of the molecule is Cc1nnc(N2C[C@H]3CC[C@@H](C2)C3Nc2nc(Oc3cccc(OC(F)(F)F)c3)n(CC(F)(F)F)n2)o1. The van der Waals surface area contributed by atoms with Gasteiger partial charge in [-0.2, -0.15) is 18.2 Å². The Morgan fingerprint density at radius 3 is 2.38 bits per heavy atom. The predicted molar refractivity (Wildman–Crippen MR) is 114 cm³/mol. The van der Waals surface area contributed by atoms with Gasteiger partial charge in [-0.25, -0.2) is 4.68 Å². The van der Waals surface area contributed by atoms with Crippen LogP contribution in [0.2, 0.25) is 0 Å². The van der Waals surface area contributed by atoms with E-state index in [4.69, 9.17) is 9.15 Å². The molecule has 1 saturated carbocycles. The molecule has 2 fully saturated rings. The number of aryl methyl sites for hydroxylation is 1. The molecule has 5 rings (SSSR count). The largest absolute Gasteiger partial charge is 0.573 e. The van der Waals surface area contributed by atoms with Crippen LogP contribution in [-0.2, 0) is 6.54 Å². The van der Waals surface area contributed by atoms with Gasteiger partial charge in [0.15, 0.2) is 0 Å². The second-order valence-electron chi connectivity index (χ2n) is 8.89. The number of ether oxygens (including phenoxy) is 2. The summed E-state index contributed by atoms with van der Waals surface area (Å²) in [4.78, 5) is 6.05. The van der Waals surface area contributed by atoms with Crippen LogP contribution < -0.4 is 19.7 Å². The molecule has 200 valence electrons. The highest BCUT2D eigenvalue weighted by Crippen LogP contribution is 2.40. The summed E-state index contributed by atoms with van der Waals surface area (Å²) in [5.74, 6) is -0.171. The molecule has 1 aliphatic carbocycles. The fraction of sp³-hybridized carbons (Fsp3) is 0.524. The Balaban J connectivity index is 1.33. The van der Waals surface area contributed by atoms with Crippen molar-refractivity contribution in [2.45, 2.75) is 44.9 Å². The molecule has 1 unspecified atom stereocenters. The summed E-state index contributed by atoms with van der Waals surface area (Å²) in [6.07, 6.45) is -7.82. The lowest BCUT2D eigenvalue weighted by Crippen LogP contribution is -2.48. The summed E-state index contributed by atoms with van der Waals surface area (Å²) in [6.45, 7) is 1.40. The summed E-state index contributed by atoms with van der Waals surface area (Å²) >= 11 is 0. The van der Waals surface area contributed by atoms with E-state index >= 15 is 0 Å². The first kappa shape index (κ1) is 25.0. The summed E-state index contributed by atoms with van der Waals surface area (Å²) < 4.78 is 92.4. The number of anilines is 2. The molecule has 37 heavy (non-hydrogen) atoms. The third-order valence-corrected chi connectivity index (χ3v) is 6.13. The quantitative estimate of drug-likeness (QED) is 0.438. The van der Waals surface area contributed by atoms with E-state index in [-0.39, 0.29) is 29.6 Å². The number of hydrogen-bond donors (Lipinski definition) is 1. The Bertz CT molecular complexity index is 1230. The van der Waals surface area contributed by atoms with Crippen molar-refractivity contribution < 1.29 is 40.2 Å². The van der Waals surface area contributed by atoms with Crippen LogP contribution in [-0.4, -0.2) is 56.6 Å². The van der Waals surface area contributed by atoms with Crippen LogP contribution in [0.25, 0.3) is 0 Å². The molecular weight excluding hydrogens is 512 g/mol. The van der Waals surface area contributed by atoms with Gasteiger partial charge in [-0.1, -0.05) is 11.2 Å². The fourth-order valence-corrected chi connectivity index (χ4v) is 4.75. The standard InChI is InChI=1S/C21H21F6N7O3/c1-11-30-31-19(35-11)33-8-12-5-6-13(9-33)16(12)28-17-29-18(34(32-17)10-20(22,23)24)36-14-3-2-4-15(7-14)37-21(25,26)27/h2-4,7,12-13,16H,5-6,8-10H2,1H3,(H,28,32)/t12-,13+,16?. The van der Waals surface area contributed by atoms with Crippen LogP contribution in [0.4, 0.5) is 38.3 Å². The maximum absolute atomic E-state index is 13.2. The lowest BCUT2D eigenvalue weighted by molar-refractivity contribution is -0.274. The van der Waals surface area contributed by atoms with Gasteiger partial charge in [-0.3, -0.25) is 0 Å². The molecule has 2 aliphatic rings. The number of piperidine rings is 1. The van der Waals surface area contributed by atoms with Gasteiger partial charge in [0.1, 0.15) is 18.0 Å². The Morgan fingerprint density at radius 2 is 1.76 bits per heavy atom. The molecule has 10 nitrogen and oxygen atoms in total. The molecule has 0 amide bonds. The Labute approximate surface area is 205 Å². The number of halogens is 6. The Morgan fingerprint density at radius 1 is 1.05 bits per heavy atom. The van der Waals surface area contributed by atoms with Gasteiger partial charge in [0, 0.05) is 32.1 Å². The molecule has 1 aliphatic heterocycles. The van der Waals surface area contributed by atoms with Gasteiger partial charge >= 0.3 is 24.6 Å². The van der Waals surface area contributed by atoms with E-state index < -0.39 is 30.8 Å². The summed E-state index contributed by atoms with van der Waals surface area (Å²) in [7, 11) is 0. The monoisotopic (exact) mass is 533 g/mol. The highest BCUT2D eigenvalue weighted by Gasteiger charge is 2.44. The number of hydrogen-bond acceptors (Lipinski definition) is 9. The van der Waals surface area contributed by atoms with E-state index in [9.17, 15) is 26.3 Å². The molecule has 16 heteroatoms. The molecule has 1 saturated heterocycles. The van der Waals surface area contributed by atoms with Gasteiger partial charge < -0.3 is 24.1 Å². The second kappa shape index (κ2) is 9.30. The van der Waals surface area contributed by atoms with Crippen molar-refractivity contribution in [1.29, 1.82) is 0 Å². The first-order chi connectivity index (χ1) is 17.4. The first-order valence-electron chi connectivity index (χ1n) is 11.3. The van der Waals surface area contributed by atoms with Crippen LogP contribution in [0, 0.1) is 18.8 Å². The zero-order valence-electron chi connectivity index (χ0n) is 19.3. The van der Waals surface area contributed by atoms with Gasteiger partial charge in [-0.15, -0.1) is 23.4 Å². The van der Waals surface area contributed by atoms with Crippen LogP contribution >= 0.6 is 0 Å². The van der Waals surface area contributed by atoms with Crippen molar-refractivity contribution in [2.24, 2.45) is 11.8 Å². The molecule has 3 aromatic rings. The highest BCUT2D eigenvalue weighted by atomic mass is 19.4. The number of rotatable bonds is 7. The maximum atomic E-state index is 13.2. The molecule has 3 heterocycles. The average molecular weight is 533 g/mol. The van der Waals surface area contributed by atoms with Crippen LogP contribution in [0.3, 0.4) is 0 Å². The van der Waals surface area contributed by atoms with Gasteiger partial charge in [0.2, 0.25) is 11.8 Å². The lowest BCUT2D eigenvalue weighted by Gasteiger charge is -2.37. The topological polar surface area (TPSA) is 103 Å². The first-order valence-corrected chi connectivity index (χ1v) is 11.3. The van der Waals surface area contributed by atoms with Crippen molar-refractivity contribution >= 4 is 12.0 Å². The van der Waals surface area contributed by atoms with Gasteiger partial charge in [0.25, 0.3) is 0 Å². The van der Waals surface area contributed by atoms with E-state index in [0.29, 0.717) is 29.7 Å². The number of alkyl halides is 6. The fourth-order valence-electron chi connectivity index (χ4n) is 4.75. The van der Waals surface area contributed by atoms with Gasteiger partial charge in [-0.05, 0) is 36.8 Å². The Kier molecular flexibility index (Phi) is 6.27. The minimum Gasteiger partial charge on any atom is -0.424 e. The molecule has 3 atom stereocenters. The zero-order valence-corrected chi connectivity index (χ0v) is 19.3. The van der Waals surface area contributed by atoms with E-state index in [1.807, 2.05) is 4.90 Å². The molecule has 0 radical (unpaired) electrons. The molecule has 1 N–H and O–H groups in total. The minimum atomic E-state index is -4.94. The number of nitrogens with zero attached hydrogens (tertiary/aromatic N) is 6. The van der Waals surface area contributed by atoms with Crippen molar-refractivity contribution in [3.8, 4) is 17.5 Å². The summed E-state index contributed by atoms with van der Waals surface area (Å²) in [5, 5.41) is 15.0. The average Bonchev–Trinajstić information content (AvgIpc) is 3.42. The van der Waals surface area contributed by atoms with Crippen LogP contribution in [0.5, 0.6) is 17.5 Å². The lowest BCUT2D eigenvalue weighted by atomic mass is 9.92. The minimum absolute atomic E-state index is 0.0778. The molecule has 0 spiro atoms. The smallest absolute Gasteiger partial charge is 0.424 e. The molecule has 2 aromatic heterocycles. The number of fused-ring (bicyclic) bond motifs is 2. The second-order valence-corrected chi connectivity index (χ2v) is 8.89. The van der Waals surface area contributed by atoms with Crippen molar-refractivity contribution in [3.05, 3.63) is 30.2 Å². The van der Waals surface area contributed by atoms with E-state index in [1.165, 1.54) is 12.1 Å². The van der Waals surface area contributed by atoms with E-state index in [2.05, 4.69) is 30.3 Å². The highest BCUT2D eigenvalue weighted by molar-refractivity contribution is 5.37. The van der Waals surface area contributed by atoms with E-state index in [1.54, 1.807) is 6.92 Å². The predicted octanol–water partition coefficient (Wildman–Crippen LogP) is 4.55. The van der Waals surface area contributed by atoms with Crippen molar-refractivity contribution in [3.63, 3.8) is 0 Å². The number of nitrogens with one attached hydrogen (secondary N) is 1. The number of aromatic nitrogens is 5. The van der Waals surface area contributed by atoms with Crippen molar-refractivity contribution in [1.82, 2.24) is 25.0 Å². The molecule has 1 aromatic carbocycles. The molecular formula is C21H21F6N7O3. The summed E-state index contributed by atoms with van der Waals surface area (Å²) in [5.41, 5.74) is 0. The third-order valence-electron chi connectivity index (χ3n) is 6.13. The maximum Gasteiger partial charge on any atom is 0.573 e. The summed E-state index contributed by atoms with van der Waals surface area (Å²) in [6, 6.07) is 4.17. The normalized spacial score (nSPS) is 21.8. The van der Waals surface area contributed by atoms with Gasteiger partial charge in [0.05, 0.1) is 0 Å². The van der Waals surface area contributed by atoms with Crippen LogP contribution in [0.15, 0.2) is 28.7 Å². The van der Waals surface area contributed by atoms with E-state index in [0.717, 1.165) is 25.0 Å². The number of benzene rings is 1.